The summed E-state index contributed by atoms with van der Waals surface area (Å²) in [6.07, 6.45) is 6.55. The number of halogens is 1. The molecule has 0 aromatic carbocycles. The van der Waals surface area contributed by atoms with Crippen LogP contribution in [0.5, 0.6) is 0 Å². The standard InChI is InChI=1S/C13H16BrNOS/c1-2-9-15(10-5-3-4-6-10)13(16)11-7-8-12(14)17-11/h2,7-8,10H,1,3-6,9H2. The van der Waals surface area contributed by atoms with Crippen LogP contribution in [0.1, 0.15) is 35.4 Å². The van der Waals surface area contributed by atoms with Crippen molar-refractivity contribution in [3.8, 4) is 0 Å². The van der Waals surface area contributed by atoms with Gasteiger partial charge in [0.05, 0.1) is 8.66 Å². The van der Waals surface area contributed by atoms with Gasteiger partial charge in [0.25, 0.3) is 5.91 Å². The van der Waals surface area contributed by atoms with Crippen molar-refractivity contribution in [3.05, 3.63) is 33.5 Å². The number of rotatable bonds is 4. The van der Waals surface area contributed by atoms with Gasteiger partial charge in [0, 0.05) is 12.6 Å². The van der Waals surface area contributed by atoms with Crippen LogP contribution >= 0.6 is 27.3 Å². The van der Waals surface area contributed by atoms with Crippen molar-refractivity contribution >= 4 is 33.2 Å². The first-order valence-electron chi connectivity index (χ1n) is 5.89. The Hall–Kier alpha value is -0.610. The lowest BCUT2D eigenvalue weighted by Crippen LogP contribution is -2.38. The zero-order valence-corrected chi connectivity index (χ0v) is 12.1. The summed E-state index contributed by atoms with van der Waals surface area (Å²) in [5, 5.41) is 0. The quantitative estimate of drug-likeness (QED) is 0.767. The molecule has 0 bridgehead atoms. The van der Waals surface area contributed by atoms with Gasteiger partial charge in [0.2, 0.25) is 0 Å². The highest BCUT2D eigenvalue weighted by molar-refractivity contribution is 9.11. The average molecular weight is 314 g/mol. The maximum absolute atomic E-state index is 12.4. The molecule has 0 atom stereocenters. The maximum atomic E-state index is 12.4. The third-order valence-electron chi connectivity index (χ3n) is 3.14. The molecule has 1 aromatic heterocycles. The average Bonchev–Trinajstić information content (AvgIpc) is 2.95. The molecule has 1 aliphatic rings. The first kappa shape index (κ1) is 12.8. The molecule has 1 heterocycles. The normalized spacial score (nSPS) is 16.1. The predicted octanol–water partition coefficient (Wildman–Crippen LogP) is 4.08. The van der Waals surface area contributed by atoms with Crippen molar-refractivity contribution < 1.29 is 4.79 Å². The molecule has 0 N–H and O–H groups in total. The summed E-state index contributed by atoms with van der Waals surface area (Å²) in [5.74, 6) is 0.146. The van der Waals surface area contributed by atoms with Gasteiger partial charge in [-0.1, -0.05) is 18.9 Å². The third kappa shape index (κ3) is 2.99. The van der Waals surface area contributed by atoms with Crippen LogP contribution in [0.3, 0.4) is 0 Å². The Morgan fingerprint density at radius 2 is 2.24 bits per heavy atom. The first-order valence-corrected chi connectivity index (χ1v) is 7.50. The molecule has 1 aromatic rings. The van der Waals surface area contributed by atoms with Crippen LogP contribution in [0.2, 0.25) is 0 Å². The zero-order valence-electron chi connectivity index (χ0n) is 9.69. The molecule has 17 heavy (non-hydrogen) atoms. The number of carbonyl (C=O) groups is 1. The van der Waals surface area contributed by atoms with Gasteiger partial charge in [0.1, 0.15) is 0 Å². The van der Waals surface area contributed by atoms with Crippen LogP contribution in [0.4, 0.5) is 0 Å². The highest BCUT2D eigenvalue weighted by Crippen LogP contribution is 2.28. The van der Waals surface area contributed by atoms with Gasteiger partial charge < -0.3 is 4.90 Å². The third-order valence-corrected chi connectivity index (χ3v) is 4.75. The van der Waals surface area contributed by atoms with Crippen molar-refractivity contribution in [3.63, 3.8) is 0 Å². The number of hydrogen-bond acceptors (Lipinski definition) is 2. The molecular weight excluding hydrogens is 298 g/mol. The number of hydrogen-bond donors (Lipinski definition) is 0. The molecule has 1 fully saturated rings. The molecule has 0 unspecified atom stereocenters. The number of thiophene rings is 1. The van der Waals surface area contributed by atoms with Gasteiger partial charge >= 0.3 is 0 Å². The van der Waals surface area contributed by atoms with Crippen LogP contribution in [0, 0.1) is 0 Å². The van der Waals surface area contributed by atoms with E-state index in [4.69, 9.17) is 0 Å². The second-order valence-electron chi connectivity index (χ2n) is 4.29. The van der Waals surface area contributed by atoms with Gasteiger partial charge in [-0.3, -0.25) is 4.79 Å². The van der Waals surface area contributed by atoms with Crippen LogP contribution < -0.4 is 0 Å². The van der Waals surface area contributed by atoms with E-state index in [0.717, 1.165) is 21.5 Å². The largest absolute Gasteiger partial charge is 0.331 e. The van der Waals surface area contributed by atoms with Crippen LogP contribution in [0.15, 0.2) is 28.6 Å². The van der Waals surface area contributed by atoms with E-state index in [2.05, 4.69) is 22.5 Å². The Labute approximate surface area is 114 Å². The predicted molar refractivity (Wildman–Crippen MR) is 75.5 cm³/mol. The Balaban J connectivity index is 2.14. The minimum absolute atomic E-state index is 0.146. The molecule has 4 heteroatoms. The summed E-state index contributed by atoms with van der Waals surface area (Å²) in [4.78, 5) is 15.2. The smallest absolute Gasteiger partial charge is 0.264 e. The molecule has 1 saturated carbocycles. The van der Waals surface area contributed by atoms with Crippen molar-refractivity contribution in [1.82, 2.24) is 4.90 Å². The zero-order chi connectivity index (χ0) is 12.3. The second kappa shape index (κ2) is 5.83. The molecule has 0 radical (unpaired) electrons. The van der Waals surface area contributed by atoms with Crippen LogP contribution in [-0.4, -0.2) is 23.4 Å². The number of nitrogens with zero attached hydrogens (tertiary/aromatic N) is 1. The molecule has 0 saturated heterocycles. The summed E-state index contributed by atoms with van der Waals surface area (Å²) in [6, 6.07) is 4.22. The molecule has 2 rings (SSSR count). The molecule has 1 aliphatic carbocycles. The minimum atomic E-state index is 0.146. The maximum Gasteiger partial charge on any atom is 0.264 e. The van der Waals surface area contributed by atoms with E-state index in [9.17, 15) is 4.79 Å². The number of amides is 1. The molecular formula is C13H16BrNOS. The molecule has 2 nitrogen and oxygen atoms in total. The van der Waals surface area contributed by atoms with E-state index in [1.807, 2.05) is 23.1 Å². The van der Waals surface area contributed by atoms with Gasteiger partial charge in [-0.05, 0) is 40.9 Å². The second-order valence-corrected chi connectivity index (χ2v) is 6.75. The fraction of sp³-hybridized carbons (Fsp3) is 0.462. The lowest BCUT2D eigenvalue weighted by Gasteiger charge is -2.27. The summed E-state index contributed by atoms with van der Waals surface area (Å²) in [5.41, 5.74) is 0. The lowest BCUT2D eigenvalue weighted by molar-refractivity contribution is 0.0711. The van der Waals surface area contributed by atoms with E-state index < -0.39 is 0 Å². The number of carbonyl (C=O) groups excluding carboxylic acids is 1. The van der Waals surface area contributed by atoms with Crippen molar-refractivity contribution in [2.45, 2.75) is 31.7 Å². The molecule has 0 spiro atoms. The summed E-state index contributed by atoms with van der Waals surface area (Å²) < 4.78 is 1.01. The SMILES string of the molecule is C=CCN(C(=O)c1ccc(Br)s1)C1CCCC1. The fourth-order valence-corrected chi connectivity index (χ4v) is 3.67. The highest BCUT2D eigenvalue weighted by atomic mass is 79.9. The van der Waals surface area contributed by atoms with E-state index in [1.54, 1.807) is 0 Å². The summed E-state index contributed by atoms with van der Waals surface area (Å²) in [6.45, 7) is 4.41. The minimum Gasteiger partial charge on any atom is -0.331 e. The highest BCUT2D eigenvalue weighted by Gasteiger charge is 2.27. The van der Waals surface area contributed by atoms with Crippen LogP contribution in [0.25, 0.3) is 0 Å². The van der Waals surface area contributed by atoms with E-state index in [0.29, 0.717) is 12.6 Å². The van der Waals surface area contributed by atoms with Crippen molar-refractivity contribution in [1.29, 1.82) is 0 Å². The Bertz CT molecular complexity index is 409. The topological polar surface area (TPSA) is 20.3 Å². The summed E-state index contributed by atoms with van der Waals surface area (Å²) >= 11 is 4.90. The lowest BCUT2D eigenvalue weighted by atomic mass is 10.2. The molecule has 1 amide bonds. The van der Waals surface area contributed by atoms with Gasteiger partial charge in [-0.2, -0.15) is 0 Å². The van der Waals surface area contributed by atoms with E-state index in [1.165, 1.54) is 24.2 Å². The van der Waals surface area contributed by atoms with E-state index >= 15 is 0 Å². The van der Waals surface area contributed by atoms with Gasteiger partial charge in [-0.15, -0.1) is 17.9 Å². The Kier molecular flexibility index (Phi) is 4.40. The van der Waals surface area contributed by atoms with Gasteiger partial charge in [-0.25, -0.2) is 0 Å². The fourth-order valence-electron chi connectivity index (χ4n) is 2.32. The summed E-state index contributed by atoms with van der Waals surface area (Å²) in [7, 11) is 0. The van der Waals surface area contributed by atoms with Crippen molar-refractivity contribution in [2.24, 2.45) is 0 Å². The molecule has 0 aliphatic heterocycles. The van der Waals surface area contributed by atoms with Gasteiger partial charge in [0.15, 0.2) is 0 Å². The Morgan fingerprint density at radius 3 is 2.76 bits per heavy atom. The first-order chi connectivity index (χ1) is 8.22. The van der Waals surface area contributed by atoms with E-state index in [-0.39, 0.29) is 5.91 Å². The Morgan fingerprint density at radius 1 is 1.53 bits per heavy atom. The molecule has 92 valence electrons. The monoisotopic (exact) mass is 313 g/mol. The van der Waals surface area contributed by atoms with Crippen LogP contribution in [-0.2, 0) is 0 Å². The van der Waals surface area contributed by atoms with Crippen molar-refractivity contribution in [2.75, 3.05) is 6.54 Å².